The van der Waals surface area contributed by atoms with Gasteiger partial charge in [0, 0.05) is 14.3 Å². The van der Waals surface area contributed by atoms with Crippen LogP contribution in [0.5, 0.6) is 0 Å². The number of nitrogens with zero attached hydrogens (tertiary/aromatic N) is 1. The number of fused-ring (bicyclic) bond motifs is 1. The maximum absolute atomic E-state index is 11.3. The van der Waals surface area contributed by atoms with E-state index in [2.05, 4.69) is 41.6 Å². The van der Waals surface area contributed by atoms with Crippen molar-refractivity contribution < 1.29 is 9.53 Å². The summed E-state index contributed by atoms with van der Waals surface area (Å²) in [6.07, 6.45) is 0. The first-order chi connectivity index (χ1) is 7.61. The molecule has 0 atom stereocenters. The van der Waals surface area contributed by atoms with Gasteiger partial charge in [0.1, 0.15) is 5.69 Å². The molecule has 0 spiro atoms. The molecule has 82 valence electrons. The van der Waals surface area contributed by atoms with Crippen LogP contribution in [0.1, 0.15) is 10.5 Å². The third-order valence-corrected chi connectivity index (χ3v) is 3.17. The van der Waals surface area contributed by atoms with E-state index in [-0.39, 0.29) is 0 Å². The summed E-state index contributed by atoms with van der Waals surface area (Å²) in [5.41, 5.74) is 1.05. The Morgan fingerprint density at radius 1 is 1.31 bits per heavy atom. The second-order valence-corrected chi connectivity index (χ2v) is 4.92. The molecular weight excluding hydrogens is 338 g/mol. The molecule has 0 aliphatic carbocycles. The Balaban J connectivity index is 2.66. The zero-order valence-electron chi connectivity index (χ0n) is 8.33. The monoisotopic (exact) mass is 343 g/mol. The van der Waals surface area contributed by atoms with E-state index in [1.54, 1.807) is 6.07 Å². The topological polar surface area (TPSA) is 39.2 Å². The third kappa shape index (κ3) is 2.10. The van der Waals surface area contributed by atoms with Crippen molar-refractivity contribution in [3.63, 3.8) is 0 Å². The number of ether oxygens (including phenoxy) is 1. The molecule has 0 aliphatic heterocycles. The minimum absolute atomic E-state index is 0.304. The Labute approximate surface area is 109 Å². The quantitative estimate of drug-likeness (QED) is 0.743. The lowest BCUT2D eigenvalue weighted by Gasteiger charge is -2.03. The smallest absolute Gasteiger partial charge is 0.356 e. The maximum Gasteiger partial charge on any atom is 0.356 e. The number of methoxy groups -OCH3 is 1. The Bertz CT molecular complexity index is 569. The van der Waals surface area contributed by atoms with Crippen molar-refractivity contribution in [1.29, 1.82) is 0 Å². The van der Waals surface area contributed by atoms with Crippen molar-refractivity contribution in [3.8, 4) is 0 Å². The predicted octanol–water partition coefficient (Wildman–Crippen LogP) is 3.55. The number of carbonyl (C=O) groups excluding carboxylic acids is 1. The lowest BCUT2D eigenvalue weighted by atomic mass is 10.2. The van der Waals surface area contributed by atoms with E-state index in [4.69, 9.17) is 0 Å². The highest BCUT2D eigenvalue weighted by Gasteiger charge is 2.09. The fourth-order valence-corrected chi connectivity index (χ4v) is 2.72. The minimum atomic E-state index is -0.434. The summed E-state index contributed by atoms with van der Waals surface area (Å²) in [4.78, 5) is 15.6. The molecule has 1 aromatic carbocycles. The average molecular weight is 345 g/mol. The van der Waals surface area contributed by atoms with Crippen LogP contribution in [0.15, 0.2) is 33.2 Å². The van der Waals surface area contributed by atoms with E-state index in [1.165, 1.54) is 7.11 Å². The molecule has 0 saturated heterocycles. The molecule has 5 heteroatoms. The molecule has 2 aromatic rings. The highest BCUT2D eigenvalue weighted by Crippen LogP contribution is 2.27. The average Bonchev–Trinajstić information content (AvgIpc) is 2.27. The van der Waals surface area contributed by atoms with Gasteiger partial charge in [-0.15, -0.1) is 0 Å². The van der Waals surface area contributed by atoms with Crippen LogP contribution in [0.2, 0.25) is 0 Å². The van der Waals surface area contributed by atoms with E-state index in [1.807, 2.05) is 18.2 Å². The summed E-state index contributed by atoms with van der Waals surface area (Å²) in [6, 6.07) is 7.31. The van der Waals surface area contributed by atoms with E-state index in [0.29, 0.717) is 5.69 Å². The largest absolute Gasteiger partial charge is 0.464 e. The van der Waals surface area contributed by atoms with Gasteiger partial charge in [0.25, 0.3) is 0 Å². The van der Waals surface area contributed by atoms with Crippen LogP contribution in [-0.2, 0) is 4.74 Å². The van der Waals surface area contributed by atoms with Crippen molar-refractivity contribution in [1.82, 2.24) is 4.98 Å². The van der Waals surface area contributed by atoms with Gasteiger partial charge in [0.2, 0.25) is 0 Å². The number of hydrogen-bond acceptors (Lipinski definition) is 3. The molecule has 0 radical (unpaired) electrons. The number of rotatable bonds is 1. The van der Waals surface area contributed by atoms with Crippen molar-refractivity contribution in [2.45, 2.75) is 0 Å². The molecular formula is C11H7Br2NO2. The Hall–Kier alpha value is -0.940. The molecule has 0 N–H and O–H groups in total. The number of halogens is 2. The molecule has 0 fully saturated rings. The SMILES string of the molecule is COC(=O)c1ccc2cc(Br)cc(Br)c2n1. The van der Waals surface area contributed by atoms with Crippen molar-refractivity contribution in [3.05, 3.63) is 38.9 Å². The van der Waals surface area contributed by atoms with Crippen molar-refractivity contribution in [2.24, 2.45) is 0 Å². The van der Waals surface area contributed by atoms with E-state index < -0.39 is 5.97 Å². The molecule has 2 rings (SSSR count). The van der Waals surface area contributed by atoms with Crippen LogP contribution in [0, 0.1) is 0 Å². The molecule has 0 saturated carbocycles. The number of aromatic nitrogens is 1. The molecule has 16 heavy (non-hydrogen) atoms. The summed E-state index contributed by atoms with van der Waals surface area (Å²) >= 11 is 6.80. The molecule has 3 nitrogen and oxygen atoms in total. The predicted molar refractivity (Wildman–Crippen MR) is 68.5 cm³/mol. The second-order valence-electron chi connectivity index (χ2n) is 3.15. The van der Waals surface area contributed by atoms with Gasteiger partial charge in [0.15, 0.2) is 0 Å². The highest BCUT2D eigenvalue weighted by molar-refractivity contribution is 9.11. The molecule has 0 amide bonds. The molecule has 0 unspecified atom stereocenters. The minimum Gasteiger partial charge on any atom is -0.464 e. The Morgan fingerprint density at radius 3 is 2.75 bits per heavy atom. The van der Waals surface area contributed by atoms with Crippen LogP contribution in [0.3, 0.4) is 0 Å². The fourth-order valence-electron chi connectivity index (χ4n) is 1.38. The van der Waals surface area contributed by atoms with E-state index in [9.17, 15) is 4.79 Å². The second kappa shape index (κ2) is 4.51. The van der Waals surface area contributed by atoms with Gasteiger partial charge in [-0.1, -0.05) is 22.0 Å². The molecule has 1 heterocycles. The zero-order valence-corrected chi connectivity index (χ0v) is 11.5. The fraction of sp³-hybridized carbons (Fsp3) is 0.0909. The standard InChI is InChI=1S/C11H7Br2NO2/c1-16-11(15)9-3-2-6-4-7(12)5-8(13)10(6)14-9/h2-5H,1H3. The van der Waals surface area contributed by atoms with Gasteiger partial charge in [-0.2, -0.15) is 0 Å². The number of carbonyl (C=O) groups is 1. The maximum atomic E-state index is 11.3. The van der Waals surface area contributed by atoms with E-state index >= 15 is 0 Å². The number of esters is 1. The number of pyridine rings is 1. The van der Waals surface area contributed by atoms with Gasteiger partial charge in [-0.25, -0.2) is 9.78 Å². The van der Waals surface area contributed by atoms with Crippen molar-refractivity contribution >= 4 is 48.7 Å². The van der Waals surface area contributed by atoms with Gasteiger partial charge < -0.3 is 4.74 Å². The third-order valence-electron chi connectivity index (χ3n) is 2.11. The molecule has 0 aliphatic rings. The normalized spacial score (nSPS) is 10.4. The van der Waals surface area contributed by atoms with Crippen LogP contribution in [0.25, 0.3) is 10.9 Å². The van der Waals surface area contributed by atoms with Gasteiger partial charge >= 0.3 is 5.97 Å². The lowest BCUT2D eigenvalue weighted by Crippen LogP contribution is -2.03. The summed E-state index contributed by atoms with van der Waals surface area (Å²) in [6.45, 7) is 0. The number of hydrogen-bond donors (Lipinski definition) is 0. The first-order valence-electron chi connectivity index (χ1n) is 4.46. The zero-order chi connectivity index (χ0) is 11.7. The number of benzene rings is 1. The van der Waals surface area contributed by atoms with Gasteiger partial charge in [0.05, 0.1) is 12.6 Å². The van der Waals surface area contributed by atoms with Crippen LogP contribution in [0.4, 0.5) is 0 Å². The molecule has 1 aromatic heterocycles. The first kappa shape index (κ1) is 11.5. The van der Waals surface area contributed by atoms with Crippen LogP contribution < -0.4 is 0 Å². The summed E-state index contributed by atoms with van der Waals surface area (Å²) in [5, 5.41) is 0.953. The molecule has 0 bridgehead atoms. The summed E-state index contributed by atoms with van der Waals surface area (Å²) in [5.74, 6) is -0.434. The highest BCUT2D eigenvalue weighted by atomic mass is 79.9. The van der Waals surface area contributed by atoms with Gasteiger partial charge in [-0.3, -0.25) is 0 Å². The van der Waals surface area contributed by atoms with Crippen LogP contribution in [-0.4, -0.2) is 18.1 Å². The Kier molecular flexibility index (Phi) is 3.25. The Morgan fingerprint density at radius 2 is 2.06 bits per heavy atom. The van der Waals surface area contributed by atoms with E-state index in [0.717, 1.165) is 19.8 Å². The van der Waals surface area contributed by atoms with Crippen molar-refractivity contribution in [2.75, 3.05) is 7.11 Å². The summed E-state index contributed by atoms with van der Waals surface area (Å²) in [7, 11) is 1.34. The lowest BCUT2D eigenvalue weighted by molar-refractivity contribution is 0.0594. The van der Waals surface area contributed by atoms with Gasteiger partial charge in [-0.05, 0) is 34.1 Å². The summed E-state index contributed by atoms with van der Waals surface area (Å²) < 4.78 is 6.42. The first-order valence-corrected chi connectivity index (χ1v) is 6.04. The van der Waals surface area contributed by atoms with Crippen LogP contribution >= 0.6 is 31.9 Å².